The molecule has 1 unspecified atom stereocenters. The van der Waals surface area contributed by atoms with Crippen LogP contribution in [-0.2, 0) is 20.0 Å². The Kier molecular flexibility index (Phi) is 3.68. The fourth-order valence-corrected chi connectivity index (χ4v) is 2.10. The maximum Gasteiger partial charge on any atom is 0.0991 e. The highest BCUT2D eigenvalue weighted by Gasteiger charge is 2.14. The van der Waals surface area contributed by atoms with Gasteiger partial charge in [-0.15, -0.1) is 5.10 Å². The molecule has 0 aromatic carbocycles. The first-order valence-electron chi connectivity index (χ1n) is 5.88. The third-order valence-electron chi connectivity index (χ3n) is 2.84. The summed E-state index contributed by atoms with van der Waals surface area (Å²) in [6.45, 7) is 4.45. The second kappa shape index (κ2) is 5.07. The van der Waals surface area contributed by atoms with Crippen molar-refractivity contribution in [3.8, 4) is 0 Å². The van der Waals surface area contributed by atoms with Crippen molar-refractivity contribution in [1.29, 1.82) is 0 Å². The summed E-state index contributed by atoms with van der Waals surface area (Å²) in [4.78, 5) is 0. The monoisotopic (exact) mass is 268 g/mol. The molecule has 1 atom stereocenters. The average Bonchev–Trinajstić information content (AvgIpc) is 2.89. The second-order valence-corrected chi connectivity index (χ2v) is 4.69. The van der Waals surface area contributed by atoms with E-state index in [0.717, 1.165) is 23.5 Å². The van der Waals surface area contributed by atoms with Gasteiger partial charge < -0.3 is 5.73 Å². The topological polar surface area (TPSA) is 74.5 Å². The smallest absolute Gasteiger partial charge is 0.0991 e. The molecule has 98 valence electrons. The maximum atomic E-state index is 6.28. The molecule has 0 amide bonds. The largest absolute Gasteiger partial charge is 0.323 e. The van der Waals surface area contributed by atoms with E-state index in [1.807, 2.05) is 27.1 Å². The molecular formula is C11H17ClN6. The summed E-state index contributed by atoms with van der Waals surface area (Å²) in [5.41, 5.74) is 8.34. The highest BCUT2D eigenvalue weighted by molar-refractivity contribution is 6.31. The lowest BCUT2D eigenvalue weighted by Gasteiger charge is -2.02. The zero-order valence-corrected chi connectivity index (χ0v) is 11.5. The normalized spacial score (nSPS) is 12.9. The van der Waals surface area contributed by atoms with Crippen LogP contribution in [0.25, 0.3) is 0 Å². The molecule has 6 nitrogen and oxygen atoms in total. The zero-order valence-electron chi connectivity index (χ0n) is 10.8. The first kappa shape index (κ1) is 13.0. The van der Waals surface area contributed by atoms with Crippen LogP contribution in [-0.4, -0.2) is 24.8 Å². The molecule has 0 aliphatic heterocycles. The number of aryl methyl sites for hydroxylation is 2. The number of nitrogens with zero attached hydrogens (tertiary/aromatic N) is 5. The summed E-state index contributed by atoms with van der Waals surface area (Å²) < 4.78 is 3.51. The lowest BCUT2D eigenvalue weighted by molar-refractivity contribution is 0.598. The van der Waals surface area contributed by atoms with Gasteiger partial charge in [0.15, 0.2) is 0 Å². The lowest BCUT2D eigenvalue weighted by Crippen LogP contribution is -2.07. The second-order valence-electron chi connectivity index (χ2n) is 4.31. The standard InChI is InChI=1S/C11H17ClN6/c1-4-8-11(12)10(17(3)15-8)6-18-5-9(7(2)13)14-16-18/h5,7H,4,6,13H2,1-3H3. The number of hydrogen-bond donors (Lipinski definition) is 1. The molecule has 0 fully saturated rings. The Balaban J connectivity index is 2.25. The van der Waals surface area contributed by atoms with Crippen molar-refractivity contribution >= 4 is 11.6 Å². The van der Waals surface area contributed by atoms with E-state index < -0.39 is 0 Å². The molecule has 0 aliphatic carbocycles. The summed E-state index contributed by atoms with van der Waals surface area (Å²) >= 11 is 6.28. The van der Waals surface area contributed by atoms with Gasteiger partial charge in [0, 0.05) is 13.1 Å². The van der Waals surface area contributed by atoms with Crippen LogP contribution in [0.5, 0.6) is 0 Å². The van der Waals surface area contributed by atoms with Crippen molar-refractivity contribution in [3.63, 3.8) is 0 Å². The fourth-order valence-electron chi connectivity index (χ4n) is 1.74. The van der Waals surface area contributed by atoms with Crippen LogP contribution in [0.2, 0.25) is 5.02 Å². The van der Waals surface area contributed by atoms with Gasteiger partial charge in [-0.2, -0.15) is 5.10 Å². The Labute approximate surface area is 111 Å². The van der Waals surface area contributed by atoms with E-state index in [9.17, 15) is 0 Å². The minimum absolute atomic E-state index is 0.119. The summed E-state index contributed by atoms with van der Waals surface area (Å²) in [5.74, 6) is 0. The van der Waals surface area contributed by atoms with Gasteiger partial charge in [0.1, 0.15) is 0 Å². The Bertz CT molecular complexity index is 542. The van der Waals surface area contributed by atoms with Gasteiger partial charge >= 0.3 is 0 Å². The molecule has 2 aromatic heterocycles. The molecular weight excluding hydrogens is 252 g/mol. The van der Waals surface area contributed by atoms with E-state index in [-0.39, 0.29) is 6.04 Å². The molecule has 0 aliphatic rings. The van der Waals surface area contributed by atoms with Crippen LogP contribution in [0.1, 0.15) is 37.0 Å². The molecule has 2 N–H and O–H groups in total. The highest BCUT2D eigenvalue weighted by Crippen LogP contribution is 2.21. The Morgan fingerprint density at radius 2 is 2.22 bits per heavy atom. The Morgan fingerprint density at radius 3 is 2.72 bits per heavy atom. The van der Waals surface area contributed by atoms with Crippen molar-refractivity contribution < 1.29 is 0 Å². The highest BCUT2D eigenvalue weighted by atomic mass is 35.5. The lowest BCUT2D eigenvalue weighted by atomic mass is 10.3. The Morgan fingerprint density at radius 1 is 1.50 bits per heavy atom. The molecule has 0 saturated heterocycles. The molecule has 0 radical (unpaired) electrons. The minimum Gasteiger partial charge on any atom is -0.323 e. The first-order chi connectivity index (χ1) is 8.52. The molecule has 18 heavy (non-hydrogen) atoms. The van der Waals surface area contributed by atoms with Crippen LogP contribution in [0, 0.1) is 0 Å². The SMILES string of the molecule is CCc1nn(C)c(Cn2cc(C(C)N)nn2)c1Cl. The van der Waals surface area contributed by atoms with Crippen molar-refractivity contribution in [2.24, 2.45) is 12.8 Å². The third-order valence-corrected chi connectivity index (χ3v) is 3.27. The van der Waals surface area contributed by atoms with Gasteiger partial charge in [0.25, 0.3) is 0 Å². The number of aromatic nitrogens is 5. The number of halogens is 1. The number of hydrogen-bond acceptors (Lipinski definition) is 4. The van der Waals surface area contributed by atoms with Crippen LogP contribution < -0.4 is 5.73 Å². The maximum absolute atomic E-state index is 6.28. The number of rotatable bonds is 4. The minimum atomic E-state index is -0.119. The van der Waals surface area contributed by atoms with E-state index in [1.165, 1.54) is 0 Å². The average molecular weight is 269 g/mol. The van der Waals surface area contributed by atoms with E-state index >= 15 is 0 Å². The van der Waals surface area contributed by atoms with Gasteiger partial charge in [0.05, 0.1) is 34.8 Å². The van der Waals surface area contributed by atoms with Crippen LogP contribution in [0.3, 0.4) is 0 Å². The molecule has 2 aromatic rings. The molecule has 0 bridgehead atoms. The van der Waals surface area contributed by atoms with Crippen molar-refractivity contribution in [1.82, 2.24) is 24.8 Å². The quantitative estimate of drug-likeness (QED) is 0.907. The van der Waals surface area contributed by atoms with Gasteiger partial charge in [-0.3, -0.25) is 4.68 Å². The van der Waals surface area contributed by atoms with E-state index in [4.69, 9.17) is 17.3 Å². The fraction of sp³-hybridized carbons (Fsp3) is 0.545. The summed E-state index contributed by atoms with van der Waals surface area (Å²) in [7, 11) is 1.88. The van der Waals surface area contributed by atoms with Crippen molar-refractivity contribution in [2.45, 2.75) is 32.9 Å². The van der Waals surface area contributed by atoms with E-state index in [2.05, 4.69) is 15.4 Å². The number of nitrogens with two attached hydrogens (primary N) is 1. The van der Waals surface area contributed by atoms with Gasteiger partial charge in [0.2, 0.25) is 0 Å². The Hall–Kier alpha value is -1.40. The summed E-state index contributed by atoms with van der Waals surface area (Å²) in [6.07, 6.45) is 2.65. The van der Waals surface area contributed by atoms with Gasteiger partial charge in [-0.1, -0.05) is 23.7 Å². The zero-order chi connectivity index (χ0) is 13.3. The first-order valence-corrected chi connectivity index (χ1v) is 6.26. The molecule has 7 heteroatoms. The van der Waals surface area contributed by atoms with Gasteiger partial charge in [-0.05, 0) is 13.3 Å². The molecule has 0 spiro atoms. The third kappa shape index (κ3) is 2.39. The predicted molar refractivity (Wildman–Crippen MR) is 69.3 cm³/mol. The van der Waals surface area contributed by atoms with E-state index in [0.29, 0.717) is 11.6 Å². The van der Waals surface area contributed by atoms with Crippen molar-refractivity contribution in [2.75, 3.05) is 0 Å². The molecule has 2 rings (SSSR count). The van der Waals surface area contributed by atoms with Crippen LogP contribution >= 0.6 is 11.6 Å². The van der Waals surface area contributed by atoms with E-state index in [1.54, 1.807) is 9.36 Å². The van der Waals surface area contributed by atoms with Crippen LogP contribution in [0.4, 0.5) is 0 Å². The summed E-state index contributed by atoms with van der Waals surface area (Å²) in [6, 6.07) is -0.119. The molecule has 0 saturated carbocycles. The predicted octanol–water partition coefficient (Wildman–Crippen LogP) is 1.30. The van der Waals surface area contributed by atoms with Crippen LogP contribution in [0.15, 0.2) is 6.20 Å². The van der Waals surface area contributed by atoms with Gasteiger partial charge in [-0.25, -0.2) is 4.68 Å². The molecule has 2 heterocycles. The summed E-state index contributed by atoms with van der Waals surface area (Å²) in [5, 5.41) is 13.1. The van der Waals surface area contributed by atoms with Crippen molar-refractivity contribution in [3.05, 3.63) is 28.3 Å².